The Morgan fingerprint density at radius 2 is 1.67 bits per heavy atom. The van der Waals surface area contributed by atoms with E-state index in [1.54, 1.807) is 0 Å². The minimum absolute atomic E-state index is 0.109. The molecule has 0 amide bonds. The molecule has 1 aromatic rings. The van der Waals surface area contributed by atoms with Gasteiger partial charge in [-0.3, -0.25) is 0 Å². The van der Waals surface area contributed by atoms with Gasteiger partial charge in [0.25, 0.3) is 0 Å². The lowest BCUT2D eigenvalue weighted by atomic mass is 10.1. The number of rotatable bonds is 5. The summed E-state index contributed by atoms with van der Waals surface area (Å²) < 4.78 is 27.1. The molecular formula is C13H22N2O2S. The Labute approximate surface area is 110 Å². The van der Waals surface area contributed by atoms with Gasteiger partial charge in [0.1, 0.15) is 0 Å². The largest absolute Gasteiger partial charge is 0.385 e. The van der Waals surface area contributed by atoms with Gasteiger partial charge in [-0.15, -0.1) is 0 Å². The third-order valence-electron chi connectivity index (χ3n) is 2.50. The minimum Gasteiger partial charge on any atom is -0.385 e. The zero-order valence-corrected chi connectivity index (χ0v) is 12.5. The average molecular weight is 270 g/mol. The molecule has 0 aromatic heterocycles. The van der Waals surface area contributed by atoms with Gasteiger partial charge in [-0.05, 0) is 57.9 Å². The molecule has 0 aliphatic heterocycles. The van der Waals surface area contributed by atoms with Crippen molar-refractivity contribution in [3.8, 4) is 0 Å². The van der Waals surface area contributed by atoms with Crippen molar-refractivity contribution < 1.29 is 8.42 Å². The van der Waals surface area contributed by atoms with Gasteiger partial charge in [0.15, 0.2) is 0 Å². The van der Waals surface area contributed by atoms with Crippen molar-refractivity contribution >= 4 is 15.7 Å². The highest BCUT2D eigenvalue weighted by atomic mass is 32.2. The Morgan fingerprint density at radius 1 is 1.17 bits per heavy atom. The first kappa shape index (κ1) is 15.0. The van der Waals surface area contributed by atoms with E-state index in [-0.39, 0.29) is 6.04 Å². The molecule has 18 heavy (non-hydrogen) atoms. The molecule has 0 saturated carbocycles. The smallest absolute Gasteiger partial charge is 0.241 e. The lowest BCUT2D eigenvalue weighted by molar-refractivity contribution is 0.568. The maximum Gasteiger partial charge on any atom is 0.241 e. The molecule has 0 radical (unpaired) electrons. The van der Waals surface area contributed by atoms with Crippen molar-refractivity contribution in [1.29, 1.82) is 0 Å². The molecule has 4 nitrogen and oxygen atoms in total. The van der Waals surface area contributed by atoms with Crippen molar-refractivity contribution in [1.82, 2.24) is 4.72 Å². The first-order valence-corrected chi connectivity index (χ1v) is 7.63. The second kappa shape index (κ2) is 5.71. The average Bonchev–Trinajstić information content (AvgIpc) is 2.13. The van der Waals surface area contributed by atoms with Crippen LogP contribution in [0, 0.1) is 13.8 Å². The number of hydrogen-bond acceptors (Lipinski definition) is 3. The minimum atomic E-state index is -3.43. The Kier molecular flexibility index (Phi) is 4.76. The van der Waals surface area contributed by atoms with Crippen molar-refractivity contribution in [3.05, 3.63) is 23.3 Å². The maximum absolute atomic E-state index is 12.2. The van der Waals surface area contributed by atoms with E-state index in [2.05, 4.69) is 10.0 Å². The van der Waals surface area contributed by atoms with Crippen LogP contribution in [0.2, 0.25) is 0 Å². The number of aryl methyl sites for hydroxylation is 2. The van der Waals surface area contributed by atoms with Gasteiger partial charge in [-0.25, -0.2) is 13.1 Å². The second-order valence-electron chi connectivity index (χ2n) is 4.75. The summed E-state index contributed by atoms with van der Waals surface area (Å²) in [5.41, 5.74) is 2.48. The molecule has 0 aliphatic carbocycles. The van der Waals surface area contributed by atoms with Gasteiger partial charge in [0.2, 0.25) is 10.0 Å². The molecule has 0 heterocycles. The summed E-state index contributed by atoms with van der Waals surface area (Å²) in [5, 5.41) is 3.19. The van der Waals surface area contributed by atoms with E-state index < -0.39 is 10.0 Å². The fourth-order valence-electron chi connectivity index (χ4n) is 2.05. The highest BCUT2D eigenvalue weighted by Gasteiger charge is 2.20. The van der Waals surface area contributed by atoms with Crippen LogP contribution in [0.15, 0.2) is 17.0 Å². The molecule has 0 spiro atoms. The van der Waals surface area contributed by atoms with Crippen molar-refractivity contribution in [2.24, 2.45) is 0 Å². The molecule has 5 heteroatoms. The fourth-order valence-corrected chi connectivity index (χ4v) is 3.75. The van der Waals surface area contributed by atoms with Crippen LogP contribution in [0.25, 0.3) is 0 Å². The van der Waals surface area contributed by atoms with Crippen LogP contribution in [0.1, 0.15) is 31.9 Å². The fraction of sp³-hybridized carbons (Fsp3) is 0.538. The third kappa shape index (κ3) is 3.46. The number of anilines is 1. The first-order valence-electron chi connectivity index (χ1n) is 6.15. The topological polar surface area (TPSA) is 58.2 Å². The number of benzene rings is 1. The molecule has 1 aromatic carbocycles. The van der Waals surface area contributed by atoms with E-state index in [9.17, 15) is 8.42 Å². The van der Waals surface area contributed by atoms with Crippen LogP contribution in [0.4, 0.5) is 5.69 Å². The van der Waals surface area contributed by atoms with Gasteiger partial charge in [-0.2, -0.15) is 0 Å². The Morgan fingerprint density at radius 3 is 2.06 bits per heavy atom. The SMILES string of the molecule is CCNc1cc(C)c(S(=O)(=O)NC(C)C)c(C)c1. The quantitative estimate of drug-likeness (QED) is 0.864. The van der Waals surface area contributed by atoms with Crippen LogP contribution in [-0.4, -0.2) is 21.0 Å². The maximum atomic E-state index is 12.2. The van der Waals surface area contributed by atoms with Gasteiger partial charge < -0.3 is 5.32 Å². The molecular weight excluding hydrogens is 248 g/mol. The molecule has 0 aliphatic rings. The zero-order valence-electron chi connectivity index (χ0n) is 11.7. The second-order valence-corrected chi connectivity index (χ2v) is 6.40. The highest BCUT2D eigenvalue weighted by Crippen LogP contribution is 2.24. The monoisotopic (exact) mass is 270 g/mol. The lowest BCUT2D eigenvalue weighted by Crippen LogP contribution is -2.31. The molecule has 0 atom stereocenters. The summed E-state index contributed by atoms with van der Waals surface area (Å²) >= 11 is 0. The third-order valence-corrected chi connectivity index (χ3v) is 4.46. The first-order chi connectivity index (χ1) is 8.27. The van der Waals surface area contributed by atoms with Gasteiger partial charge >= 0.3 is 0 Å². The van der Waals surface area contributed by atoms with Crippen LogP contribution in [-0.2, 0) is 10.0 Å². The van der Waals surface area contributed by atoms with E-state index in [1.807, 2.05) is 46.8 Å². The zero-order chi connectivity index (χ0) is 13.9. The van der Waals surface area contributed by atoms with E-state index in [4.69, 9.17) is 0 Å². The predicted octanol–water partition coefficient (Wildman–Crippen LogP) is 2.42. The summed E-state index contributed by atoms with van der Waals surface area (Å²) in [6, 6.07) is 3.62. The van der Waals surface area contributed by atoms with E-state index in [0.717, 1.165) is 23.4 Å². The van der Waals surface area contributed by atoms with E-state index in [0.29, 0.717) is 4.90 Å². The Bertz CT molecular complexity index is 499. The number of hydrogen-bond donors (Lipinski definition) is 2. The van der Waals surface area contributed by atoms with Gasteiger partial charge in [0.05, 0.1) is 4.90 Å². The normalized spacial score (nSPS) is 11.9. The molecule has 2 N–H and O–H groups in total. The molecule has 0 fully saturated rings. The molecule has 0 unspecified atom stereocenters. The van der Waals surface area contributed by atoms with Gasteiger partial charge in [0, 0.05) is 18.3 Å². The van der Waals surface area contributed by atoms with Crippen LogP contribution >= 0.6 is 0 Å². The number of nitrogens with one attached hydrogen (secondary N) is 2. The molecule has 0 saturated heterocycles. The summed E-state index contributed by atoms with van der Waals surface area (Å²) in [7, 11) is -3.43. The number of sulfonamides is 1. The summed E-state index contributed by atoms with van der Waals surface area (Å²) in [6.07, 6.45) is 0. The summed E-state index contributed by atoms with van der Waals surface area (Å²) in [4.78, 5) is 0.387. The van der Waals surface area contributed by atoms with Crippen molar-refractivity contribution in [3.63, 3.8) is 0 Å². The molecule has 0 bridgehead atoms. The molecule has 102 valence electrons. The highest BCUT2D eigenvalue weighted by molar-refractivity contribution is 7.89. The van der Waals surface area contributed by atoms with Gasteiger partial charge in [-0.1, -0.05) is 0 Å². The summed E-state index contributed by atoms with van der Waals surface area (Å²) in [5.74, 6) is 0. The van der Waals surface area contributed by atoms with Crippen molar-refractivity contribution in [2.75, 3.05) is 11.9 Å². The van der Waals surface area contributed by atoms with E-state index >= 15 is 0 Å². The predicted molar refractivity (Wildman–Crippen MR) is 75.5 cm³/mol. The van der Waals surface area contributed by atoms with Crippen LogP contribution in [0.5, 0.6) is 0 Å². The summed E-state index contributed by atoms with van der Waals surface area (Å²) in [6.45, 7) is 10.1. The van der Waals surface area contributed by atoms with Crippen LogP contribution in [0.3, 0.4) is 0 Å². The Balaban J connectivity index is 3.26. The standard InChI is InChI=1S/C13H22N2O2S/c1-6-14-12-7-10(4)13(11(5)8-12)18(16,17)15-9(2)3/h7-9,14-15H,6H2,1-5H3. The van der Waals surface area contributed by atoms with Crippen LogP contribution < -0.4 is 10.0 Å². The van der Waals surface area contributed by atoms with E-state index in [1.165, 1.54) is 0 Å². The Hall–Kier alpha value is -1.07. The molecule has 1 rings (SSSR count). The van der Waals surface area contributed by atoms with Crippen molar-refractivity contribution in [2.45, 2.75) is 45.6 Å². The lowest BCUT2D eigenvalue weighted by Gasteiger charge is -2.16.